The number of ether oxygens (including phenoxy) is 1. The van der Waals surface area contributed by atoms with Gasteiger partial charge >= 0.3 is 0 Å². The fourth-order valence-electron chi connectivity index (χ4n) is 4.00. The molecule has 0 spiro atoms. The van der Waals surface area contributed by atoms with Gasteiger partial charge in [0, 0.05) is 25.2 Å². The molecule has 2 heterocycles. The largest absolute Gasteiger partial charge is 0.439 e. The normalized spacial score (nSPS) is 15.7. The molecule has 1 aromatic heterocycles. The minimum absolute atomic E-state index is 0.425. The van der Waals surface area contributed by atoms with Crippen molar-refractivity contribution in [2.45, 2.75) is 45.1 Å². The number of nitrogens with one attached hydrogen (secondary N) is 2. The van der Waals surface area contributed by atoms with Gasteiger partial charge in [-0.2, -0.15) is 9.97 Å². The second-order valence-electron chi connectivity index (χ2n) is 8.31. The van der Waals surface area contributed by atoms with Crippen LogP contribution in [0.3, 0.4) is 0 Å². The van der Waals surface area contributed by atoms with E-state index in [1.54, 1.807) is 0 Å². The molecule has 2 N–H and O–H groups in total. The minimum atomic E-state index is 0.425. The molecule has 3 aromatic rings. The lowest BCUT2D eigenvalue weighted by Crippen LogP contribution is -2.38. The van der Waals surface area contributed by atoms with Crippen molar-refractivity contribution in [2.75, 3.05) is 23.3 Å². The monoisotopic (exact) mass is 461 g/mol. The van der Waals surface area contributed by atoms with Crippen LogP contribution in [-0.4, -0.2) is 34.2 Å². The van der Waals surface area contributed by atoms with E-state index in [0.29, 0.717) is 23.0 Å². The van der Waals surface area contributed by atoms with Crippen LogP contribution in [0.5, 0.6) is 11.6 Å². The maximum absolute atomic E-state index is 6.03. The van der Waals surface area contributed by atoms with Crippen LogP contribution >= 0.6 is 12.2 Å². The molecule has 6 nitrogen and oxygen atoms in total. The van der Waals surface area contributed by atoms with Crippen LogP contribution in [0.25, 0.3) is 0 Å². The molecule has 0 saturated carbocycles. The standard InChI is InChI=1S/C26H31N5OS/c1-20-11-8-9-18-31(20)23-19-24(32-22-15-6-3-7-16-22)29-25(28-23)30-26(33)27-17-10-14-21-12-4-2-5-13-21/h2-7,12-13,15-16,19-20H,8-11,14,17-18H2,1H3,(H2,27,28,29,30,33)/t20-/m0/s1. The highest BCUT2D eigenvalue weighted by molar-refractivity contribution is 7.80. The number of piperidine rings is 1. The number of anilines is 2. The molecule has 0 aliphatic carbocycles. The van der Waals surface area contributed by atoms with Gasteiger partial charge in [-0.1, -0.05) is 48.5 Å². The third-order valence-electron chi connectivity index (χ3n) is 5.75. The lowest BCUT2D eigenvalue weighted by atomic mass is 10.0. The van der Waals surface area contributed by atoms with Crippen LogP contribution in [0.15, 0.2) is 66.7 Å². The van der Waals surface area contributed by atoms with Gasteiger partial charge in [0.25, 0.3) is 0 Å². The molecule has 7 heteroatoms. The highest BCUT2D eigenvalue weighted by Crippen LogP contribution is 2.28. The smallest absolute Gasteiger partial charge is 0.234 e. The number of hydrogen-bond acceptors (Lipinski definition) is 5. The van der Waals surface area contributed by atoms with Crippen molar-refractivity contribution < 1.29 is 4.74 Å². The number of hydrogen-bond donors (Lipinski definition) is 2. The first-order valence-corrected chi connectivity index (χ1v) is 12.1. The Labute approximate surface area is 201 Å². The Balaban J connectivity index is 1.42. The number of aromatic nitrogens is 2. The Morgan fingerprint density at radius 2 is 1.82 bits per heavy atom. The van der Waals surface area contributed by atoms with Gasteiger partial charge in [-0.25, -0.2) is 0 Å². The van der Waals surface area contributed by atoms with Crippen LogP contribution in [-0.2, 0) is 6.42 Å². The van der Waals surface area contributed by atoms with E-state index in [2.05, 4.69) is 51.7 Å². The van der Waals surface area contributed by atoms with Gasteiger partial charge in [-0.15, -0.1) is 0 Å². The number of benzene rings is 2. The molecule has 1 aliphatic rings. The summed E-state index contributed by atoms with van der Waals surface area (Å²) < 4.78 is 6.03. The quantitative estimate of drug-likeness (QED) is 0.336. The first-order chi connectivity index (χ1) is 16.2. The maximum atomic E-state index is 6.03. The highest BCUT2D eigenvalue weighted by atomic mass is 32.1. The van der Waals surface area contributed by atoms with Crippen molar-refractivity contribution in [3.63, 3.8) is 0 Å². The van der Waals surface area contributed by atoms with E-state index < -0.39 is 0 Å². The van der Waals surface area contributed by atoms with Crippen molar-refractivity contribution in [2.24, 2.45) is 0 Å². The van der Waals surface area contributed by atoms with E-state index in [1.807, 2.05) is 42.5 Å². The molecule has 0 amide bonds. The molecule has 0 unspecified atom stereocenters. The molecule has 1 atom stereocenters. The van der Waals surface area contributed by atoms with E-state index in [4.69, 9.17) is 21.9 Å². The summed E-state index contributed by atoms with van der Waals surface area (Å²) in [6.45, 7) is 3.99. The van der Waals surface area contributed by atoms with Crippen LogP contribution in [0.2, 0.25) is 0 Å². The Morgan fingerprint density at radius 1 is 1.06 bits per heavy atom. The zero-order chi connectivity index (χ0) is 22.9. The Kier molecular flexibility index (Phi) is 8.09. The molecule has 1 fully saturated rings. The summed E-state index contributed by atoms with van der Waals surface area (Å²) >= 11 is 5.51. The molecular weight excluding hydrogens is 430 g/mol. The number of para-hydroxylation sites is 1. The van der Waals surface area contributed by atoms with Crippen molar-refractivity contribution in [3.05, 3.63) is 72.3 Å². The predicted octanol–water partition coefficient (Wildman–Crippen LogP) is 5.57. The fraction of sp³-hybridized carbons (Fsp3) is 0.346. The van der Waals surface area contributed by atoms with Crippen LogP contribution < -0.4 is 20.3 Å². The molecule has 0 radical (unpaired) electrons. The number of nitrogens with zero attached hydrogens (tertiary/aromatic N) is 3. The van der Waals surface area contributed by atoms with Crippen LogP contribution in [0.1, 0.15) is 38.2 Å². The average molecular weight is 462 g/mol. The van der Waals surface area contributed by atoms with Gasteiger partial charge in [0.2, 0.25) is 11.8 Å². The summed E-state index contributed by atoms with van der Waals surface area (Å²) in [5.41, 5.74) is 1.33. The summed E-state index contributed by atoms with van der Waals surface area (Å²) in [4.78, 5) is 11.7. The first-order valence-electron chi connectivity index (χ1n) is 11.6. The molecular formula is C26H31N5OS. The molecule has 172 valence electrons. The third kappa shape index (κ3) is 6.89. The minimum Gasteiger partial charge on any atom is -0.439 e. The Hall–Kier alpha value is -3.19. The molecule has 0 bridgehead atoms. The zero-order valence-corrected chi connectivity index (χ0v) is 19.9. The summed E-state index contributed by atoms with van der Waals surface area (Å²) in [6.07, 6.45) is 5.55. The van der Waals surface area contributed by atoms with E-state index in [-0.39, 0.29) is 0 Å². The van der Waals surface area contributed by atoms with E-state index in [9.17, 15) is 0 Å². The third-order valence-corrected chi connectivity index (χ3v) is 5.99. The zero-order valence-electron chi connectivity index (χ0n) is 19.0. The van der Waals surface area contributed by atoms with E-state index in [1.165, 1.54) is 12.0 Å². The van der Waals surface area contributed by atoms with Gasteiger partial charge in [-0.3, -0.25) is 0 Å². The topological polar surface area (TPSA) is 62.3 Å². The molecule has 2 aromatic carbocycles. The van der Waals surface area contributed by atoms with Crippen molar-refractivity contribution in [1.82, 2.24) is 15.3 Å². The second-order valence-corrected chi connectivity index (χ2v) is 8.72. The van der Waals surface area contributed by atoms with E-state index >= 15 is 0 Å². The van der Waals surface area contributed by atoms with Crippen molar-refractivity contribution in [1.29, 1.82) is 0 Å². The lowest BCUT2D eigenvalue weighted by Gasteiger charge is -2.34. The van der Waals surface area contributed by atoms with Gasteiger partial charge in [-0.05, 0) is 68.9 Å². The van der Waals surface area contributed by atoms with Gasteiger partial charge in [0.05, 0.1) is 0 Å². The number of thiocarbonyl (C=S) groups is 1. The molecule has 1 aliphatic heterocycles. The SMILES string of the molecule is C[C@H]1CCCCN1c1cc(Oc2ccccc2)nc(NC(=S)NCCCc2ccccc2)n1. The molecule has 1 saturated heterocycles. The summed E-state index contributed by atoms with van der Waals surface area (Å²) in [5, 5.41) is 6.93. The van der Waals surface area contributed by atoms with E-state index in [0.717, 1.165) is 50.3 Å². The Morgan fingerprint density at radius 3 is 2.58 bits per heavy atom. The summed E-state index contributed by atoms with van der Waals surface area (Å²) in [7, 11) is 0. The highest BCUT2D eigenvalue weighted by Gasteiger charge is 2.21. The number of aryl methyl sites for hydroxylation is 1. The van der Waals surface area contributed by atoms with Crippen molar-refractivity contribution >= 4 is 29.1 Å². The summed E-state index contributed by atoms with van der Waals surface area (Å²) in [5.74, 6) is 2.54. The first kappa shape index (κ1) is 23.0. The van der Waals surface area contributed by atoms with Crippen LogP contribution in [0, 0.1) is 0 Å². The summed E-state index contributed by atoms with van der Waals surface area (Å²) in [6, 6.07) is 22.5. The lowest BCUT2D eigenvalue weighted by molar-refractivity contribution is 0.457. The van der Waals surface area contributed by atoms with Gasteiger partial charge < -0.3 is 20.3 Å². The van der Waals surface area contributed by atoms with Crippen LogP contribution in [0.4, 0.5) is 11.8 Å². The molecule has 33 heavy (non-hydrogen) atoms. The fourth-order valence-corrected chi connectivity index (χ4v) is 4.19. The maximum Gasteiger partial charge on any atom is 0.234 e. The van der Waals surface area contributed by atoms with Gasteiger partial charge in [0.15, 0.2) is 5.11 Å². The van der Waals surface area contributed by atoms with Crippen molar-refractivity contribution in [3.8, 4) is 11.6 Å². The van der Waals surface area contributed by atoms with Gasteiger partial charge in [0.1, 0.15) is 11.6 Å². The molecule has 4 rings (SSSR count). The number of rotatable bonds is 8. The predicted molar refractivity (Wildman–Crippen MR) is 138 cm³/mol. The second kappa shape index (κ2) is 11.6. The average Bonchev–Trinajstić information content (AvgIpc) is 2.83. The Bertz CT molecular complexity index is 1030.